The zero-order valence-electron chi connectivity index (χ0n) is 14.5. The molecule has 0 aliphatic rings. The molecule has 3 rings (SSSR count). The molecular formula is C19H19NO5. The topological polar surface area (TPSA) is 69.8 Å². The lowest BCUT2D eigenvalue weighted by atomic mass is 10.1. The SMILES string of the molecule is COc1ccc2c(=O)c(OC)c(-c3ccc(OC)c(OC)c3)[nH]c2c1. The Morgan fingerprint density at radius 1 is 0.800 bits per heavy atom. The molecule has 0 saturated heterocycles. The fraction of sp³-hybridized carbons (Fsp3) is 0.211. The first-order valence-electron chi connectivity index (χ1n) is 7.63. The van der Waals surface area contributed by atoms with Crippen molar-refractivity contribution >= 4 is 10.9 Å². The van der Waals surface area contributed by atoms with Crippen LogP contribution in [0, 0.1) is 0 Å². The zero-order chi connectivity index (χ0) is 18.0. The van der Waals surface area contributed by atoms with Crippen LogP contribution in [0.2, 0.25) is 0 Å². The summed E-state index contributed by atoms with van der Waals surface area (Å²) in [7, 11) is 6.19. The van der Waals surface area contributed by atoms with E-state index in [1.54, 1.807) is 51.7 Å². The van der Waals surface area contributed by atoms with E-state index in [-0.39, 0.29) is 11.2 Å². The van der Waals surface area contributed by atoms with Crippen molar-refractivity contribution in [2.45, 2.75) is 0 Å². The number of H-pyrrole nitrogens is 1. The predicted octanol–water partition coefficient (Wildman–Crippen LogP) is 3.23. The molecule has 0 fully saturated rings. The summed E-state index contributed by atoms with van der Waals surface area (Å²) < 4.78 is 21.2. The van der Waals surface area contributed by atoms with E-state index in [1.807, 2.05) is 6.07 Å². The molecule has 1 N–H and O–H groups in total. The lowest BCUT2D eigenvalue weighted by Crippen LogP contribution is -2.09. The third-order valence-electron chi connectivity index (χ3n) is 4.04. The fourth-order valence-electron chi connectivity index (χ4n) is 2.77. The highest BCUT2D eigenvalue weighted by Gasteiger charge is 2.16. The van der Waals surface area contributed by atoms with Gasteiger partial charge in [-0.15, -0.1) is 0 Å². The Kier molecular flexibility index (Phi) is 4.52. The van der Waals surface area contributed by atoms with Crippen molar-refractivity contribution in [1.82, 2.24) is 4.98 Å². The molecule has 0 aliphatic carbocycles. The van der Waals surface area contributed by atoms with Crippen molar-refractivity contribution in [2.24, 2.45) is 0 Å². The molecule has 25 heavy (non-hydrogen) atoms. The van der Waals surface area contributed by atoms with E-state index >= 15 is 0 Å². The van der Waals surface area contributed by atoms with E-state index in [0.29, 0.717) is 33.8 Å². The second-order valence-electron chi connectivity index (χ2n) is 5.34. The number of nitrogens with one attached hydrogen (secondary N) is 1. The largest absolute Gasteiger partial charge is 0.497 e. The molecule has 0 spiro atoms. The average Bonchev–Trinajstić information content (AvgIpc) is 2.66. The first-order chi connectivity index (χ1) is 12.1. The number of hydrogen-bond donors (Lipinski definition) is 1. The van der Waals surface area contributed by atoms with Gasteiger partial charge in [-0.3, -0.25) is 4.79 Å². The Labute approximate surface area is 144 Å². The normalized spacial score (nSPS) is 10.6. The van der Waals surface area contributed by atoms with Crippen LogP contribution in [0.5, 0.6) is 23.0 Å². The highest BCUT2D eigenvalue weighted by molar-refractivity contribution is 5.86. The summed E-state index contributed by atoms with van der Waals surface area (Å²) in [5, 5.41) is 0.530. The number of aromatic amines is 1. The van der Waals surface area contributed by atoms with E-state index < -0.39 is 0 Å². The van der Waals surface area contributed by atoms with Gasteiger partial charge in [0, 0.05) is 17.0 Å². The standard InChI is InChI=1S/C19H19NO5/c1-22-12-6-7-13-14(10-12)20-17(19(25-4)18(13)21)11-5-8-15(23-2)16(9-11)24-3/h5-10H,1-4H3,(H,20,21). The summed E-state index contributed by atoms with van der Waals surface area (Å²) in [4.78, 5) is 16.1. The van der Waals surface area contributed by atoms with Crippen LogP contribution in [-0.4, -0.2) is 33.4 Å². The summed E-state index contributed by atoms with van der Waals surface area (Å²) >= 11 is 0. The van der Waals surface area contributed by atoms with Crippen molar-refractivity contribution in [2.75, 3.05) is 28.4 Å². The number of methoxy groups -OCH3 is 4. The fourth-order valence-corrected chi connectivity index (χ4v) is 2.77. The highest BCUT2D eigenvalue weighted by Crippen LogP contribution is 2.35. The molecule has 130 valence electrons. The van der Waals surface area contributed by atoms with Crippen molar-refractivity contribution in [3.05, 3.63) is 46.6 Å². The third-order valence-corrected chi connectivity index (χ3v) is 4.04. The van der Waals surface area contributed by atoms with Gasteiger partial charge in [0.05, 0.1) is 39.6 Å². The Hall–Kier alpha value is -3.15. The summed E-state index contributed by atoms with van der Waals surface area (Å²) in [6.45, 7) is 0. The lowest BCUT2D eigenvalue weighted by molar-refractivity contribution is 0.355. The van der Waals surface area contributed by atoms with Crippen LogP contribution in [0.15, 0.2) is 41.2 Å². The Morgan fingerprint density at radius 3 is 2.20 bits per heavy atom. The van der Waals surface area contributed by atoms with Crippen molar-refractivity contribution in [3.8, 4) is 34.3 Å². The number of benzene rings is 2. The van der Waals surface area contributed by atoms with E-state index in [9.17, 15) is 4.79 Å². The second-order valence-corrected chi connectivity index (χ2v) is 5.34. The molecule has 0 saturated carbocycles. The minimum Gasteiger partial charge on any atom is -0.497 e. The first-order valence-corrected chi connectivity index (χ1v) is 7.63. The first kappa shape index (κ1) is 16.7. The van der Waals surface area contributed by atoms with Gasteiger partial charge in [0.2, 0.25) is 5.43 Å². The van der Waals surface area contributed by atoms with Crippen LogP contribution in [0.4, 0.5) is 0 Å². The number of rotatable bonds is 5. The lowest BCUT2D eigenvalue weighted by Gasteiger charge is -2.13. The third kappa shape index (κ3) is 2.87. The van der Waals surface area contributed by atoms with Gasteiger partial charge in [-0.2, -0.15) is 0 Å². The number of pyridine rings is 1. The maximum absolute atomic E-state index is 12.8. The van der Waals surface area contributed by atoms with E-state index in [1.165, 1.54) is 7.11 Å². The summed E-state index contributed by atoms with van der Waals surface area (Å²) in [6.07, 6.45) is 0. The summed E-state index contributed by atoms with van der Waals surface area (Å²) in [5.41, 5.74) is 1.78. The summed E-state index contributed by atoms with van der Waals surface area (Å²) in [5.74, 6) is 2.07. The van der Waals surface area contributed by atoms with Gasteiger partial charge < -0.3 is 23.9 Å². The quantitative estimate of drug-likeness (QED) is 0.771. The number of fused-ring (bicyclic) bond motifs is 1. The molecule has 0 amide bonds. The van der Waals surface area contributed by atoms with Crippen LogP contribution >= 0.6 is 0 Å². The van der Waals surface area contributed by atoms with Crippen molar-refractivity contribution in [1.29, 1.82) is 0 Å². The van der Waals surface area contributed by atoms with Crippen LogP contribution in [0.25, 0.3) is 22.2 Å². The smallest absolute Gasteiger partial charge is 0.231 e. The number of aromatic nitrogens is 1. The minimum absolute atomic E-state index is 0.191. The van der Waals surface area contributed by atoms with Crippen LogP contribution in [0.3, 0.4) is 0 Å². The monoisotopic (exact) mass is 341 g/mol. The molecule has 1 aromatic heterocycles. The Morgan fingerprint density at radius 2 is 1.56 bits per heavy atom. The molecule has 6 nitrogen and oxygen atoms in total. The van der Waals surface area contributed by atoms with Gasteiger partial charge in [-0.05, 0) is 30.3 Å². The second kappa shape index (κ2) is 6.76. The van der Waals surface area contributed by atoms with Gasteiger partial charge in [0.1, 0.15) is 5.75 Å². The maximum Gasteiger partial charge on any atom is 0.231 e. The van der Waals surface area contributed by atoms with E-state index in [4.69, 9.17) is 18.9 Å². The maximum atomic E-state index is 12.8. The molecule has 0 bridgehead atoms. The molecule has 1 heterocycles. The minimum atomic E-state index is -0.191. The van der Waals surface area contributed by atoms with Crippen LogP contribution in [-0.2, 0) is 0 Å². The Balaban J connectivity index is 2.29. The van der Waals surface area contributed by atoms with Crippen LogP contribution in [0.1, 0.15) is 0 Å². The molecule has 0 atom stereocenters. The molecule has 0 aliphatic heterocycles. The summed E-state index contributed by atoms with van der Waals surface area (Å²) in [6, 6.07) is 10.6. The Bertz CT molecular complexity index is 977. The molecule has 3 aromatic rings. The van der Waals surface area contributed by atoms with Gasteiger partial charge in [0.15, 0.2) is 17.2 Å². The van der Waals surface area contributed by atoms with E-state index in [2.05, 4.69) is 4.98 Å². The van der Waals surface area contributed by atoms with Crippen molar-refractivity contribution < 1.29 is 18.9 Å². The number of hydrogen-bond acceptors (Lipinski definition) is 5. The van der Waals surface area contributed by atoms with Crippen molar-refractivity contribution in [3.63, 3.8) is 0 Å². The predicted molar refractivity (Wildman–Crippen MR) is 96.2 cm³/mol. The molecule has 2 aromatic carbocycles. The molecular weight excluding hydrogens is 322 g/mol. The van der Waals surface area contributed by atoms with E-state index in [0.717, 1.165) is 5.56 Å². The van der Waals surface area contributed by atoms with Crippen LogP contribution < -0.4 is 24.4 Å². The molecule has 6 heteroatoms. The number of ether oxygens (including phenoxy) is 4. The highest BCUT2D eigenvalue weighted by atomic mass is 16.5. The average molecular weight is 341 g/mol. The molecule has 0 radical (unpaired) electrons. The van der Waals surface area contributed by atoms with Gasteiger partial charge in [-0.25, -0.2) is 0 Å². The van der Waals surface area contributed by atoms with Gasteiger partial charge >= 0.3 is 0 Å². The molecule has 0 unspecified atom stereocenters. The van der Waals surface area contributed by atoms with Gasteiger partial charge in [-0.1, -0.05) is 0 Å². The zero-order valence-corrected chi connectivity index (χ0v) is 14.5. The van der Waals surface area contributed by atoms with Gasteiger partial charge in [0.25, 0.3) is 0 Å².